The summed E-state index contributed by atoms with van der Waals surface area (Å²) in [6.07, 6.45) is 10.00. The Morgan fingerprint density at radius 2 is 1.72 bits per heavy atom. The van der Waals surface area contributed by atoms with E-state index in [0.29, 0.717) is 29.5 Å². The molecule has 1 heterocycles. The van der Waals surface area contributed by atoms with Crippen LogP contribution >= 0.6 is 0 Å². The molecule has 182 valence electrons. The van der Waals surface area contributed by atoms with Gasteiger partial charge in [-0.1, -0.05) is 47.6 Å². The maximum Gasteiger partial charge on any atom is 0.192 e. The van der Waals surface area contributed by atoms with Crippen LogP contribution in [0.15, 0.2) is 12.7 Å². The topological polar surface area (TPSA) is 31.0 Å². The Balaban J connectivity index is 1.44. The van der Waals surface area contributed by atoms with Gasteiger partial charge in [-0.05, 0) is 80.8 Å². The fourth-order valence-corrected chi connectivity index (χ4v) is 10.7. The van der Waals surface area contributed by atoms with Crippen LogP contribution in [0.5, 0.6) is 0 Å². The molecule has 5 rings (SSSR count). The molecule has 0 aromatic heterocycles. The predicted molar refractivity (Wildman–Crippen MR) is 133 cm³/mol. The van der Waals surface area contributed by atoms with Gasteiger partial charge in [0.25, 0.3) is 0 Å². The van der Waals surface area contributed by atoms with E-state index in [4.69, 9.17) is 13.9 Å². The molecule has 0 aromatic rings. The van der Waals surface area contributed by atoms with Crippen molar-refractivity contribution in [2.75, 3.05) is 6.61 Å². The second kappa shape index (κ2) is 6.53. The summed E-state index contributed by atoms with van der Waals surface area (Å²) in [5, 5.41) is 0.268. The Hall–Kier alpha value is -0.163. The van der Waals surface area contributed by atoms with Gasteiger partial charge in [0.05, 0.1) is 24.4 Å². The van der Waals surface area contributed by atoms with Gasteiger partial charge in [0.15, 0.2) is 8.32 Å². The van der Waals surface area contributed by atoms with E-state index in [-0.39, 0.29) is 27.8 Å². The first-order valence-electron chi connectivity index (χ1n) is 13.2. The summed E-state index contributed by atoms with van der Waals surface area (Å²) >= 11 is 0. The molecule has 4 aliphatic carbocycles. The fraction of sp³-hybridized carbons (Fsp3) is 0.929. The molecule has 4 saturated carbocycles. The standard InChI is InChI=1S/C28H48O3Si/c1-11-16-29-22-25(6)13-12-19-24(5,20(25)17-21-27(22,8)30-21)14-15-28(18-26(19,28)7)31-32(9,10)23(2,3)4/h11,19-22H,1,12-18H2,2-10H3/t19-,20-,21+,22+,24+,25-,26+,27+,28-/m1/s1. The third-order valence-corrected chi connectivity index (χ3v) is 16.5. The van der Waals surface area contributed by atoms with Crippen molar-refractivity contribution in [1.29, 1.82) is 0 Å². The molecule has 0 N–H and O–H groups in total. The van der Waals surface area contributed by atoms with Crippen LogP contribution in [0.2, 0.25) is 18.1 Å². The molecule has 0 aromatic carbocycles. The third-order valence-electron chi connectivity index (χ3n) is 12.0. The van der Waals surface area contributed by atoms with Crippen molar-refractivity contribution in [2.24, 2.45) is 28.1 Å². The Bertz CT molecular complexity index is 818. The number of rotatable bonds is 5. The lowest BCUT2D eigenvalue weighted by atomic mass is 9.41. The van der Waals surface area contributed by atoms with Crippen molar-refractivity contribution < 1.29 is 13.9 Å². The minimum atomic E-state index is -1.79. The van der Waals surface area contributed by atoms with E-state index in [9.17, 15) is 0 Å². The van der Waals surface area contributed by atoms with Crippen molar-refractivity contribution in [2.45, 2.75) is 129 Å². The van der Waals surface area contributed by atoms with Crippen molar-refractivity contribution in [3.05, 3.63) is 12.7 Å². The molecule has 5 fully saturated rings. The Morgan fingerprint density at radius 3 is 2.34 bits per heavy atom. The summed E-state index contributed by atoms with van der Waals surface area (Å²) in [6.45, 7) is 26.6. The van der Waals surface area contributed by atoms with Crippen molar-refractivity contribution in [3.63, 3.8) is 0 Å². The second-order valence-electron chi connectivity index (χ2n) is 14.6. The summed E-state index contributed by atoms with van der Waals surface area (Å²) in [5.41, 5.74) is 0.902. The van der Waals surface area contributed by atoms with Crippen LogP contribution in [0.4, 0.5) is 0 Å². The summed E-state index contributed by atoms with van der Waals surface area (Å²) in [6, 6.07) is 0. The van der Waals surface area contributed by atoms with E-state index in [2.05, 4.69) is 68.1 Å². The van der Waals surface area contributed by atoms with E-state index < -0.39 is 8.32 Å². The molecule has 9 atom stereocenters. The molecule has 5 aliphatic rings. The maximum atomic E-state index is 7.26. The highest BCUT2D eigenvalue weighted by Gasteiger charge is 2.80. The maximum absolute atomic E-state index is 7.26. The van der Waals surface area contributed by atoms with Gasteiger partial charge in [-0.15, -0.1) is 6.58 Å². The van der Waals surface area contributed by atoms with Crippen LogP contribution in [0.25, 0.3) is 0 Å². The lowest BCUT2D eigenvalue weighted by Gasteiger charge is -2.64. The van der Waals surface area contributed by atoms with Crippen LogP contribution in [-0.2, 0) is 13.9 Å². The highest BCUT2D eigenvalue weighted by Crippen LogP contribution is 2.80. The summed E-state index contributed by atoms with van der Waals surface area (Å²) < 4.78 is 20.1. The second-order valence-corrected chi connectivity index (χ2v) is 19.4. The highest BCUT2D eigenvalue weighted by molar-refractivity contribution is 6.74. The summed E-state index contributed by atoms with van der Waals surface area (Å²) in [7, 11) is -1.79. The monoisotopic (exact) mass is 460 g/mol. The molecule has 0 unspecified atom stereocenters. The molecule has 0 amide bonds. The van der Waals surface area contributed by atoms with Crippen LogP contribution < -0.4 is 0 Å². The highest BCUT2D eigenvalue weighted by atomic mass is 28.4. The minimum Gasteiger partial charge on any atom is -0.411 e. The molecule has 3 nitrogen and oxygen atoms in total. The summed E-state index contributed by atoms with van der Waals surface area (Å²) in [4.78, 5) is 0. The third kappa shape index (κ3) is 2.82. The Labute approximate surface area is 198 Å². The van der Waals surface area contributed by atoms with E-state index in [1.165, 1.54) is 38.5 Å². The van der Waals surface area contributed by atoms with E-state index in [0.717, 1.165) is 5.92 Å². The molecule has 0 radical (unpaired) electrons. The predicted octanol–water partition coefficient (Wildman–Crippen LogP) is 7.12. The normalized spacial score (nSPS) is 54.0. The van der Waals surface area contributed by atoms with Gasteiger partial charge in [0.2, 0.25) is 0 Å². The fourth-order valence-electron chi connectivity index (χ4n) is 9.06. The average Bonchev–Trinajstić information content (AvgIpc) is 3.50. The number of hydrogen-bond acceptors (Lipinski definition) is 3. The first-order chi connectivity index (χ1) is 14.6. The number of epoxide rings is 1. The largest absolute Gasteiger partial charge is 0.411 e. The van der Waals surface area contributed by atoms with Gasteiger partial charge in [-0.3, -0.25) is 0 Å². The van der Waals surface area contributed by atoms with Crippen molar-refractivity contribution in [3.8, 4) is 0 Å². The van der Waals surface area contributed by atoms with E-state index >= 15 is 0 Å². The number of hydrogen-bond donors (Lipinski definition) is 0. The Morgan fingerprint density at radius 1 is 1.03 bits per heavy atom. The molecule has 1 aliphatic heterocycles. The van der Waals surface area contributed by atoms with Crippen molar-refractivity contribution >= 4 is 8.32 Å². The van der Waals surface area contributed by atoms with Crippen LogP contribution in [0.1, 0.15) is 87.0 Å². The quantitative estimate of drug-likeness (QED) is 0.248. The zero-order chi connectivity index (χ0) is 23.6. The lowest BCUT2D eigenvalue weighted by Crippen LogP contribution is -2.63. The van der Waals surface area contributed by atoms with Crippen LogP contribution in [0.3, 0.4) is 0 Å². The summed E-state index contributed by atoms with van der Waals surface area (Å²) in [5.74, 6) is 1.40. The zero-order valence-corrected chi connectivity index (χ0v) is 23.3. The lowest BCUT2D eigenvalue weighted by molar-refractivity contribution is -0.193. The number of fused-ring (bicyclic) bond motifs is 6. The van der Waals surface area contributed by atoms with Crippen molar-refractivity contribution in [1.82, 2.24) is 0 Å². The molecular formula is C28H48O3Si. The zero-order valence-electron chi connectivity index (χ0n) is 22.3. The van der Waals surface area contributed by atoms with Gasteiger partial charge in [-0.25, -0.2) is 0 Å². The van der Waals surface area contributed by atoms with Gasteiger partial charge >= 0.3 is 0 Å². The molecule has 32 heavy (non-hydrogen) atoms. The molecule has 0 spiro atoms. The molecule has 0 bridgehead atoms. The molecule has 4 heteroatoms. The van der Waals surface area contributed by atoms with E-state index in [1.54, 1.807) is 0 Å². The first kappa shape index (κ1) is 23.6. The van der Waals surface area contributed by atoms with Gasteiger partial charge < -0.3 is 13.9 Å². The SMILES string of the molecule is C=CCO[C@H]1[C@]2(C)CC[C@@H]3[C@](C)(CC[C@@]4(O[Si](C)(C)C(C)(C)C)C[C@@]34C)[C@H]2C[C@@H]2O[C@@]21C. The number of ether oxygens (including phenoxy) is 2. The minimum absolute atomic E-state index is 0.0925. The molecule has 1 saturated heterocycles. The average molecular weight is 461 g/mol. The van der Waals surface area contributed by atoms with Gasteiger partial charge in [0, 0.05) is 10.8 Å². The van der Waals surface area contributed by atoms with Crippen LogP contribution in [0, 0.1) is 28.1 Å². The smallest absolute Gasteiger partial charge is 0.192 e. The van der Waals surface area contributed by atoms with Gasteiger partial charge in [-0.2, -0.15) is 0 Å². The first-order valence-corrected chi connectivity index (χ1v) is 16.1. The van der Waals surface area contributed by atoms with Crippen LogP contribution in [-0.4, -0.2) is 38.3 Å². The van der Waals surface area contributed by atoms with Gasteiger partial charge in [0.1, 0.15) is 5.60 Å². The Kier molecular flexibility index (Phi) is 4.81. The molecular weight excluding hydrogens is 412 g/mol. The van der Waals surface area contributed by atoms with E-state index in [1.807, 2.05) is 6.08 Å².